The van der Waals surface area contributed by atoms with Gasteiger partial charge >= 0.3 is 0 Å². The summed E-state index contributed by atoms with van der Waals surface area (Å²) in [5.74, 6) is 0.159. The van der Waals surface area contributed by atoms with Crippen molar-refractivity contribution >= 4 is 18.3 Å². The third kappa shape index (κ3) is 6.96. The van der Waals surface area contributed by atoms with Crippen LogP contribution in [0.25, 0.3) is 0 Å². The molecule has 1 saturated heterocycles. The van der Waals surface area contributed by atoms with E-state index >= 15 is 0 Å². The van der Waals surface area contributed by atoms with Gasteiger partial charge in [-0.2, -0.15) is 0 Å². The molecule has 1 aliphatic rings. The Hall–Kier alpha value is -1.10. The quantitative estimate of drug-likeness (QED) is 0.775. The number of hydrogen-bond acceptors (Lipinski definition) is 3. The van der Waals surface area contributed by atoms with E-state index in [0.717, 1.165) is 13.0 Å². The summed E-state index contributed by atoms with van der Waals surface area (Å²) in [6.45, 7) is 7.99. The first-order valence-corrected chi connectivity index (χ1v) is 9.44. The van der Waals surface area contributed by atoms with Crippen molar-refractivity contribution in [1.82, 2.24) is 10.2 Å². The van der Waals surface area contributed by atoms with E-state index < -0.39 is 6.04 Å². The minimum absolute atomic E-state index is 0. The van der Waals surface area contributed by atoms with E-state index in [1.54, 1.807) is 0 Å². The van der Waals surface area contributed by atoms with E-state index in [0.29, 0.717) is 6.54 Å². The molecule has 1 heterocycles. The van der Waals surface area contributed by atoms with Crippen molar-refractivity contribution in [1.29, 1.82) is 0 Å². The van der Waals surface area contributed by atoms with Crippen molar-refractivity contribution < 1.29 is 4.79 Å². The summed E-state index contributed by atoms with van der Waals surface area (Å²) in [7, 11) is 0. The molecule has 0 aromatic heterocycles. The lowest BCUT2D eigenvalue weighted by Crippen LogP contribution is -2.44. The minimum Gasteiger partial charge on any atom is -0.351 e. The molecule has 0 spiro atoms. The zero-order valence-corrected chi connectivity index (χ0v) is 16.5. The van der Waals surface area contributed by atoms with E-state index in [-0.39, 0.29) is 24.2 Å². The third-order valence-corrected chi connectivity index (χ3v) is 5.22. The zero-order chi connectivity index (χ0) is 17.4. The van der Waals surface area contributed by atoms with Gasteiger partial charge in [-0.25, -0.2) is 0 Å². The molecule has 1 amide bonds. The maximum atomic E-state index is 12.2. The minimum atomic E-state index is -0.423. The highest BCUT2D eigenvalue weighted by Gasteiger charge is 2.19. The molecular formula is C20H34ClN3O. The van der Waals surface area contributed by atoms with E-state index in [1.165, 1.54) is 49.9 Å². The summed E-state index contributed by atoms with van der Waals surface area (Å²) in [5, 5.41) is 3.02. The van der Waals surface area contributed by atoms with Crippen LogP contribution in [0, 0.1) is 5.92 Å². The van der Waals surface area contributed by atoms with Gasteiger partial charge in [-0.15, -0.1) is 12.4 Å². The molecule has 2 atom stereocenters. The van der Waals surface area contributed by atoms with Gasteiger partial charge in [0.05, 0.1) is 6.04 Å². The molecule has 0 saturated carbocycles. The molecule has 0 aliphatic carbocycles. The number of rotatable bonds is 7. The fourth-order valence-corrected chi connectivity index (χ4v) is 3.23. The predicted molar refractivity (Wildman–Crippen MR) is 107 cm³/mol. The van der Waals surface area contributed by atoms with Crippen LogP contribution < -0.4 is 11.1 Å². The number of hydrogen-bond donors (Lipinski definition) is 2. The second-order valence-electron chi connectivity index (χ2n) is 7.09. The molecule has 1 aliphatic heterocycles. The average Bonchev–Trinajstić information content (AvgIpc) is 2.88. The number of carbonyl (C=O) groups is 1. The Kier molecular flexibility index (Phi) is 10.1. The number of nitrogens with zero attached hydrogens (tertiary/aromatic N) is 1. The van der Waals surface area contributed by atoms with Gasteiger partial charge in [-0.05, 0) is 43.0 Å². The summed E-state index contributed by atoms with van der Waals surface area (Å²) >= 11 is 0. The SMILES string of the molecule is CCC(C)C(N)C(=O)NCc1ccccc1CN1CCCCCC1.Cl. The molecular weight excluding hydrogens is 334 g/mol. The number of amides is 1. The largest absolute Gasteiger partial charge is 0.351 e. The first-order chi connectivity index (χ1) is 11.6. The Balaban J connectivity index is 0.00000312. The number of nitrogens with one attached hydrogen (secondary N) is 1. The molecule has 4 nitrogen and oxygen atoms in total. The van der Waals surface area contributed by atoms with Gasteiger partial charge in [-0.3, -0.25) is 9.69 Å². The molecule has 1 aromatic rings. The van der Waals surface area contributed by atoms with Crippen molar-refractivity contribution in [2.45, 2.75) is 65.1 Å². The standard InChI is InChI=1S/C20H33N3O.ClH/c1-3-16(2)19(21)20(24)22-14-17-10-6-7-11-18(17)15-23-12-8-4-5-9-13-23;/h6-7,10-11,16,19H,3-5,8-9,12-15,21H2,1-2H3,(H,22,24);1H. The molecule has 1 aromatic carbocycles. The fourth-order valence-electron chi connectivity index (χ4n) is 3.23. The van der Waals surface area contributed by atoms with Crippen molar-refractivity contribution in [3.8, 4) is 0 Å². The van der Waals surface area contributed by atoms with Crippen molar-refractivity contribution in [2.75, 3.05) is 13.1 Å². The highest BCUT2D eigenvalue weighted by Crippen LogP contribution is 2.16. The lowest BCUT2D eigenvalue weighted by atomic mass is 9.99. The van der Waals surface area contributed by atoms with Crippen LogP contribution in [0.5, 0.6) is 0 Å². The molecule has 1 fully saturated rings. The number of halogens is 1. The fraction of sp³-hybridized carbons (Fsp3) is 0.650. The van der Waals surface area contributed by atoms with Gasteiger partial charge in [0.2, 0.25) is 5.91 Å². The molecule has 0 bridgehead atoms. The van der Waals surface area contributed by atoms with Crippen LogP contribution >= 0.6 is 12.4 Å². The average molecular weight is 368 g/mol. The number of nitrogens with two attached hydrogens (primary N) is 1. The molecule has 0 radical (unpaired) electrons. The smallest absolute Gasteiger partial charge is 0.237 e. The topological polar surface area (TPSA) is 58.4 Å². The second-order valence-corrected chi connectivity index (χ2v) is 7.09. The first-order valence-electron chi connectivity index (χ1n) is 9.44. The zero-order valence-electron chi connectivity index (χ0n) is 15.7. The summed E-state index contributed by atoms with van der Waals surface area (Å²) in [4.78, 5) is 14.8. The van der Waals surface area contributed by atoms with Crippen molar-refractivity contribution in [3.05, 3.63) is 35.4 Å². The molecule has 3 N–H and O–H groups in total. The van der Waals surface area contributed by atoms with Crippen LogP contribution in [0.3, 0.4) is 0 Å². The second kappa shape index (κ2) is 11.5. The predicted octanol–water partition coefficient (Wildman–Crippen LogP) is 3.47. The Morgan fingerprint density at radius 3 is 2.36 bits per heavy atom. The van der Waals surface area contributed by atoms with Gasteiger partial charge in [0.1, 0.15) is 0 Å². The summed E-state index contributed by atoms with van der Waals surface area (Å²) in [6, 6.07) is 8.00. The number of benzene rings is 1. The molecule has 2 unspecified atom stereocenters. The summed E-state index contributed by atoms with van der Waals surface area (Å²) < 4.78 is 0. The number of likely N-dealkylation sites (tertiary alicyclic amines) is 1. The Labute approximate surface area is 158 Å². The van der Waals surface area contributed by atoms with Gasteiger partial charge in [0, 0.05) is 13.1 Å². The highest BCUT2D eigenvalue weighted by atomic mass is 35.5. The van der Waals surface area contributed by atoms with Gasteiger partial charge in [0.25, 0.3) is 0 Å². The Bertz CT molecular complexity index is 515. The van der Waals surface area contributed by atoms with Crippen LogP contribution in [-0.4, -0.2) is 29.9 Å². The first kappa shape index (κ1) is 21.9. The molecule has 5 heteroatoms. The van der Waals surface area contributed by atoms with Crippen molar-refractivity contribution in [2.24, 2.45) is 11.7 Å². The maximum absolute atomic E-state index is 12.2. The van der Waals surface area contributed by atoms with Crippen LogP contribution in [0.4, 0.5) is 0 Å². The van der Waals surface area contributed by atoms with E-state index in [1.807, 2.05) is 13.0 Å². The molecule has 2 rings (SSSR count). The summed E-state index contributed by atoms with van der Waals surface area (Å²) in [6.07, 6.45) is 6.20. The van der Waals surface area contributed by atoms with Crippen molar-refractivity contribution in [3.63, 3.8) is 0 Å². The lowest BCUT2D eigenvalue weighted by Gasteiger charge is -2.22. The van der Waals surface area contributed by atoms with E-state index in [9.17, 15) is 4.79 Å². The maximum Gasteiger partial charge on any atom is 0.237 e. The van der Waals surface area contributed by atoms with Gasteiger partial charge in [0.15, 0.2) is 0 Å². The summed E-state index contributed by atoms with van der Waals surface area (Å²) in [5.41, 5.74) is 8.54. The third-order valence-electron chi connectivity index (χ3n) is 5.22. The lowest BCUT2D eigenvalue weighted by molar-refractivity contribution is -0.123. The Morgan fingerprint density at radius 2 is 1.76 bits per heavy atom. The Morgan fingerprint density at radius 1 is 1.16 bits per heavy atom. The number of carbonyl (C=O) groups excluding carboxylic acids is 1. The van der Waals surface area contributed by atoms with E-state index in [4.69, 9.17) is 5.73 Å². The molecule has 25 heavy (non-hydrogen) atoms. The van der Waals surface area contributed by atoms with Gasteiger partial charge in [-0.1, -0.05) is 57.4 Å². The van der Waals surface area contributed by atoms with E-state index in [2.05, 4.69) is 35.3 Å². The van der Waals surface area contributed by atoms with Crippen LogP contribution in [0.2, 0.25) is 0 Å². The normalized spacial score (nSPS) is 17.9. The van der Waals surface area contributed by atoms with Crippen LogP contribution in [-0.2, 0) is 17.9 Å². The monoisotopic (exact) mass is 367 g/mol. The highest BCUT2D eigenvalue weighted by molar-refractivity contribution is 5.85. The molecule has 142 valence electrons. The van der Waals surface area contributed by atoms with Gasteiger partial charge < -0.3 is 11.1 Å². The van der Waals surface area contributed by atoms with Crippen LogP contribution in [0.1, 0.15) is 57.1 Å². The van der Waals surface area contributed by atoms with Crippen LogP contribution in [0.15, 0.2) is 24.3 Å².